The number of allylic oxidation sites excluding steroid dienone is 3. The Labute approximate surface area is 312 Å². The van der Waals surface area contributed by atoms with Gasteiger partial charge in [-0.25, -0.2) is 9.37 Å². The van der Waals surface area contributed by atoms with E-state index < -0.39 is 11.0 Å². The van der Waals surface area contributed by atoms with Gasteiger partial charge < -0.3 is 33.7 Å². The number of hydrogen-bond donors (Lipinski definition) is 1. The van der Waals surface area contributed by atoms with Gasteiger partial charge in [-0.3, -0.25) is 4.79 Å². The number of likely N-dealkylation sites (tertiary alicyclic amines) is 2. The van der Waals surface area contributed by atoms with Crippen LogP contribution in [0.3, 0.4) is 0 Å². The van der Waals surface area contributed by atoms with E-state index in [1.807, 2.05) is 71.0 Å². The standard InChI is InChI=1S/C43H51FN4O5/c1-5-6-8-13-36-29-45-40(48(36)31-33-14-16-35(44)17-15-33)43(50)20-23-46(24-21-43)22-18-42(28-32-11-9-7-10-12-32)19-25-47(41(42)49)30-34-26-37(51-2)39(53-4)38(27-34)52-3/h5-17,26-27,29,50H,18-25,28,30-31H2,1-4H3. The minimum absolute atomic E-state index is 0.157. The predicted molar refractivity (Wildman–Crippen MR) is 204 cm³/mol. The zero-order chi connectivity index (χ0) is 37.4. The molecule has 2 saturated heterocycles. The highest BCUT2D eigenvalue weighted by atomic mass is 19.1. The number of aromatic nitrogens is 2. The number of amides is 1. The first-order valence-electron chi connectivity index (χ1n) is 18.4. The smallest absolute Gasteiger partial charge is 0.229 e. The monoisotopic (exact) mass is 722 g/mol. The molecule has 1 N–H and O–H groups in total. The summed E-state index contributed by atoms with van der Waals surface area (Å²) in [4.78, 5) is 23.6. The SMILES string of the molecule is CC=CC=Cc1cnc(C2(O)CCN(CCC3(Cc4ccccc4)CCN(Cc4cc(OC)c(OC)c(OC)c4)C3=O)CC2)n1Cc1ccc(F)cc1. The molecular formula is C43H51FN4O5. The number of nitrogens with zero attached hydrogens (tertiary/aromatic N) is 4. The number of ether oxygens (including phenoxy) is 3. The van der Waals surface area contributed by atoms with Gasteiger partial charge in [-0.15, -0.1) is 0 Å². The van der Waals surface area contributed by atoms with Crippen molar-refractivity contribution < 1.29 is 28.5 Å². The van der Waals surface area contributed by atoms with E-state index in [2.05, 4.69) is 17.0 Å². The number of carbonyl (C=O) groups is 1. The van der Waals surface area contributed by atoms with Crippen LogP contribution in [0.2, 0.25) is 0 Å². The number of hydrogen-bond acceptors (Lipinski definition) is 7. The summed E-state index contributed by atoms with van der Waals surface area (Å²) >= 11 is 0. The Hall–Kier alpha value is -4.93. The highest BCUT2D eigenvalue weighted by Crippen LogP contribution is 2.43. The second kappa shape index (κ2) is 16.8. The Morgan fingerprint density at radius 1 is 0.849 bits per heavy atom. The van der Waals surface area contributed by atoms with Crippen LogP contribution in [-0.2, 0) is 29.9 Å². The van der Waals surface area contributed by atoms with Crippen molar-refractivity contribution in [2.75, 3.05) is 47.5 Å². The van der Waals surface area contributed by atoms with E-state index in [1.54, 1.807) is 39.7 Å². The molecule has 280 valence electrons. The molecule has 0 saturated carbocycles. The number of methoxy groups -OCH3 is 3. The fourth-order valence-electron chi connectivity index (χ4n) is 7.80. The number of piperidine rings is 1. The summed E-state index contributed by atoms with van der Waals surface area (Å²) in [5, 5.41) is 12.1. The Bertz CT molecular complexity index is 1870. The quantitative estimate of drug-likeness (QED) is 0.132. The lowest BCUT2D eigenvalue weighted by atomic mass is 9.77. The molecule has 0 radical (unpaired) electrons. The van der Waals surface area contributed by atoms with Gasteiger partial charge in [-0.2, -0.15) is 0 Å². The molecule has 6 rings (SSSR count). The molecule has 2 fully saturated rings. The van der Waals surface area contributed by atoms with Crippen LogP contribution in [0.1, 0.15) is 60.8 Å². The zero-order valence-corrected chi connectivity index (χ0v) is 31.3. The van der Waals surface area contributed by atoms with Crippen LogP contribution < -0.4 is 14.2 Å². The fraction of sp³-hybridized carbons (Fsp3) is 0.395. The first-order valence-corrected chi connectivity index (χ1v) is 18.4. The molecule has 3 aromatic carbocycles. The maximum Gasteiger partial charge on any atom is 0.229 e. The van der Waals surface area contributed by atoms with Crippen LogP contribution >= 0.6 is 0 Å². The number of aliphatic hydroxyl groups is 1. The number of carbonyl (C=O) groups excluding carboxylic acids is 1. The third-order valence-corrected chi connectivity index (χ3v) is 10.8. The second-order valence-electron chi connectivity index (χ2n) is 14.2. The summed E-state index contributed by atoms with van der Waals surface area (Å²) in [7, 11) is 4.77. The third kappa shape index (κ3) is 8.50. The second-order valence-corrected chi connectivity index (χ2v) is 14.2. The summed E-state index contributed by atoms with van der Waals surface area (Å²) in [5.41, 5.74) is 2.20. The van der Waals surface area contributed by atoms with E-state index in [0.717, 1.165) is 35.3 Å². The lowest BCUT2D eigenvalue weighted by Crippen LogP contribution is -2.46. The molecule has 1 unspecified atom stereocenters. The number of benzene rings is 3. The molecule has 1 aromatic heterocycles. The molecule has 0 bridgehead atoms. The van der Waals surface area contributed by atoms with Crippen LogP contribution in [-0.4, -0.2) is 77.9 Å². The minimum Gasteiger partial charge on any atom is -0.493 e. The van der Waals surface area contributed by atoms with E-state index in [1.165, 1.54) is 12.1 Å². The molecule has 0 spiro atoms. The minimum atomic E-state index is -1.12. The van der Waals surface area contributed by atoms with E-state index in [0.29, 0.717) is 81.5 Å². The van der Waals surface area contributed by atoms with Crippen molar-refractivity contribution in [1.29, 1.82) is 0 Å². The van der Waals surface area contributed by atoms with E-state index in [-0.39, 0.29) is 11.7 Å². The van der Waals surface area contributed by atoms with Crippen molar-refractivity contribution in [3.8, 4) is 17.2 Å². The largest absolute Gasteiger partial charge is 0.493 e. The Morgan fingerprint density at radius 3 is 2.19 bits per heavy atom. The lowest BCUT2D eigenvalue weighted by molar-refractivity contribution is -0.137. The average molecular weight is 723 g/mol. The summed E-state index contributed by atoms with van der Waals surface area (Å²) in [6, 6.07) is 20.6. The maximum absolute atomic E-state index is 14.5. The van der Waals surface area contributed by atoms with Crippen molar-refractivity contribution in [3.05, 3.63) is 125 Å². The molecule has 3 heterocycles. The van der Waals surface area contributed by atoms with Crippen LogP contribution in [0.4, 0.5) is 4.39 Å². The third-order valence-electron chi connectivity index (χ3n) is 10.8. The fourth-order valence-corrected chi connectivity index (χ4v) is 7.80. The molecule has 10 heteroatoms. The highest BCUT2D eigenvalue weighted by molar-refractivity contribution is 5.85. The van der Waals surface area contributed by atoms with Crippen molar-refractivity contribution in [2.45, 2.75) is 57.7 Å². The molecule has 9 nitrogen and oxygen atoms in total. The predicted octanol–water partition coefficient (Wildman–Crippen LogP) is 7.02. The topological polar surface area (TPSA) is 89.3 Å². The van der Waals surface area contributed by atoms with Gasteiger partial charge in [0.2, 0.25) is 11.7 Å². The Kier molecular flexibility index (Phi) is 12.0. The molecular weight excluding hydrogens is 671 g/mol. The van der Waals surface area contributed by atoms with E-state index in [4.69, 9.17) is 19.2 Å². The van der Waals surface area contributed by atoms with Crippen molar-refractivity contribution in [1.82, 2.24) is 19.4 Å². The lowest BCUT2D eigenvalue weighted by Gasteiger charge is -2.39. The summed E-state index contributed by atoms with van der Waals surface area (Å²) in [6.07, 6.45) is 12.8. The van der Waals surface area contributed by atoms with Crippen molar-refractivity contribution >= 4 is 12.0 Å². The van der Waals surface area contributed by atoms with Gasteiger partial charge in [0, 0.05) is 32.7 Å². The van der Waals surface area contributed by atoms with Gasteiger partial charge >= 0.3 is 0 Å². The van der Waals surface area contributed by atoms with Gasteiger partial charge in [-0.1, -0.05) is 60.7 Å². The van der Waals surface area contributed by atoms with Gasteiger partial charge in [0.25, 0.3) is 0 Å². The van der Waals surface area contributed by atoms with E-state index in [9.17, 15) is 14.3 Å². The Balaban J connectivity index is 1.17. The Morgan fingerprint density at radius 2 is 1.55 bits per heavy atom. The molecule has 4 aromatic rings. The van der Waals surface area contributed by atoms with Crippen molar-refractivity contribution in [3.63, 3.8) is 0 Å². The van der Waals surface area contributed by atoms with E-state index >= 15 is 0 Å². The highest BCUT2D eigenvalue weighted by Gasteiger charge is 2.47. The number of imidazole rings is 1. The maximum atomic E-state index is 14.5. The normalized spacial score (nSPS) is 19.1. The molecule has 2 aliphatic rings. The zero-order valence-electron chi connectivity index (χ0n) is 31.3. The van der Waals surface area contributed by atoms with Gasteiger partial charge in [0.05, 0.1) is 38.6 Å². The van der Waals surface area contributed by atoms with Gasteiger partial charge in [-0.05, 0) is 92.6 Å². The number of halogens is 1. The average Bonchev–Trinajstić information content (AvgIpc) is 3.72. The van der Waals surface area contributed by atoms with Crippen LogP contribution in [0, 0.1) is 11.2 Å². The van der Waals surface area contributed by atoms with Crippen LogP contribution in [0.15, 0.2) is 91.2 Å². The van der Waals surface area contributed by atoms with Crippen LogP contribution in [0.25, 0.3) is 6.08 Å². The summed E-state index contributed by atoms with van der Waals surface area (Å²) in [6.45, 7) is 5.62. The molecule has 2 aliphatic heterocycles. The first kappa shape index (κ1) is 37.8. The molecule has 0 aliphatic carbocycles. The first-order chi connectivity index (χ1) is 25.7. The summed E-state index contributed by atoms with van der Waals surface area (Å²) in [5.74, 6) is 2.15. The van der Waals surface area contributed by atoms with Crippen LogP contribution in [0.5, 0.6) is 17.2 Å². The number of rotatable bonds is 15. The van der Waals surface area contributed by atoms with Crippen molar-refractivity contribution in [2.24, 2.45) is 5.41 Å². The molecule has 1 atom stereocenters. The van der Waals surface area contributed by atoms with Gasteiger partial charge in [0.1, 0.15) is 17.2 Å². The molecule has 1 amide bonds. The summed E-state index contributed by atoms with van der Waals surface area (Å²) < 4.78 is 32.4. The molecule has 53 heavy (non-hydrogen) atoms. The van der Waals surface area contributed by atoms with Gasteiger partial charge in [0.15, 0.2) is 11.5 Å².